The van der Waals surface area contributed by atoms with Gasteiger partial charge in [0.05, 0.1) is 6.04 Å². The summed E-state index contributed by atoms with van der Waals surface area (Å²) in [6.45, 7) is 7.39. The van der Waals surface area contributed by atoms with E-state index in [0.29, 0.717) is 6.54 Å². The first kappa shape index (κ1) is 13.6. The van der Waals surface area contributed by atoms with Gasteiger partial charge in [-0.25, -0.2) is 0 Å². The molecule has 0 saturated heterocycles. The monoisotopic (exact) mass is 239 g/mol. The molecule has 96 valence electrons. The molecule has 0 radical (unpaired) electrons. The molecule has 0 aromatic carbocycles. The second-order valence-corrected chi connectivity index (χ2v) is 4.24. The Morgan fingerprint density at radius 2 is 2.24 bits per heavy atom. The van der Waals surface area contributed by atoms with Crippen molar-refractivity contribution in [2.24, 2.45) is 13.0 Å². The Labute approximate surface area is 102 Å². The summed E-state index contributed by atoms with van der Waals surface area (Å²) >= 11 is 0. The number of hydrogen-bond donors (Lipinski definition) is 2. The quantitative estimate of drug-likeness (QED) is 0.746. The van der Waals surface area contributed by atoms with Gasteiger partial charge in [-0.1, -0.05) is 13.8 Å². The van der Waals surface area contributed by atoms with Crippen LogP contribution >= 0.6 is 0 Å². The van der Waals surface area contributed by atoms with Gasteiger partial charge in [-0.15, -0.1) is 10.2 Å². The normalized spacial score (nSPS) is 14.4. The van der Waals surface area contributed by atoms with Crippen molar-refractivity contribution in [3.8, 4) is 0 Å². The van der Waals surface area contributed by atoms with E-state index in [-0.39, 0.29) is 17.9 Å². The van der Waals surface area contributed by atoms with Gasteiger partial charge >= 0.3 is 0 Å². The van der Waals surface area contributed by atoms with Gasteiger partial charge in [0.15, 0.2) is 5.82 Å². The van der Waals surface area contributed by atoms with Crippen LogP contribution in [-0.4, -0.2) is 33.8 Å². The fourth-order valence-electron chi connectivity index (χ4n) is 1.56. The Morgan fingerprint density at radius 3 is 2.76 bits per heavy atom. The van der Waals surface area contributed by atoms with E-state index in [4.69, 9.17) is 0 Å². The Kier molecular flexibility index (Phi) is 5.09. The van der Waals surface area contributed by atoms with Crippen molar-refractivity contribution in [3.63, 3.8) is 0 Å². The number of hydrogen-bond acceptors (Lipinski definition) is 4. The molecule has 0 aliphatic carbocycles. The van der Waals surface area contributed by atoms with Crippen molar-refractivity contribution in [1.29, 1.82) is 0 Å². The lowest BCUT2D eigenvalue weighted by atomic mass is 10.1. The number of nitrogens with zero attached hydrogens (tertiary/aromatic N) is 3. The zero-order chi connectivity index (χ0) is 12.8. The fraction of sp³-hybridized carbons (Fsp3) is 0.727. The molecule has 0 aliphatic rings. The average molecular weight is 239 g/mol. The van der Waals surface area contributed by atoms with Gasteiger partial charge in [0.2, 0.25) is 5.91 Å². The second kappa shape index (κ2) is 6.34. The van der Waals surface area contributed by atoms with E-state index in [0.717, 1.165) is 12.4 Å². The lowest BCUT2D eigenvalue weighted by molar-refractivity contribution is -0.125. The molecule has 6 heteroatoms. The first-order valence-corrected chi connectivity index (χ1v) is 5.91. The van der Waals surface area contributed by atoms with E-state index < -0.39 is 0 Å². The van der Waals surface area contributed by atoms with Crippen LogP contribution in [0.3, 0.4) is 0 Å². The second-order valence-electron chi connectivity index (χ2n) is 4.24. The van der Waals surface area contributed by atoms with Gasteiger partial charge in [0.25, 0.3) is 0 Å². The average Bonchev–Trinajstić information content (AvgIpc) is 2.72. The first-order chi connectivity index (χ1) is 8.06. The minimum absolute atomic E-state index is 0.0291. The molecule has 2 atom stereocenters. The number of rotatable bonds is 6. The van der Waals surface area contributed by atoms with Gasteiger partial charge in [0.1, 0.15) is 6.33 Å². The fourth-order valence-corrected chi connectivity index (χ4v) is 1.56. The first-order valence-electron chi connectivity index (χ1n) is 5.91. The van der Waals surface area contributed by atoms with Crippen molar-refractivity contribution in [2.75, 3.05) is 13.1 Å². The van der Waals surface area contributed by atoms with Crippen LogP contribution in [0.25, 0.3) is 0 Å². The molecule has 1 aromatic heterocycles. The highest BCUT2D eigenvalue weighted by Crippen LogP contribution is 2.08. The number of carbonyl (C=O) groups excluding carboxylic acids is 1. The van der Waals surface area contributed by atoms with E-state index in [9.17, 15) is 4.79 Å². The van der Waals surface area contributed by atoms with E-state index >= 15 is 0 Å². The van der Waals surface area contributed by atoms with Crippen molar-refractivity contribution in [2.45, 2.75) is 26.8 Å². The molecule has 1 heterocycles. The molecule has 2 N–H and O–H groups in total. The largest absolute Gasteiger partial charge is 0.346 e. The maximum absolute atomic E-state index is 11.9. The predicted molar refractivity (Wildman–Crippen MR) is 65.3 cm³/mol. The van der Waals surface area contributed by atoms with E-state index in [1.807, 2.05) is 27.8 Å². The minimum atomic E-state index is -0.126. The SMILES string of the molecule is CCNCC(C)C(=O)NC(C)c1nncn1C. The third-order valence-corrected chi connectivity index (χ3v) is 2.64. The third-order valence-electron chi connectivity index (χ3n) is 2.64. The third kappa shape index (κ3) is 3.81. The lowest BCUT2D eigenvalue weighted by Gasteiger charge is -2.17. The van der Waals surface area contributed by atoms with Crippen LogP contribution in [0.2, 0.25) is 0 Å². The molecule has 1 amide bonds. The summed E-state index contributed by atoms with van der Waals surface area (Å²) in [7, 11) is 1.86. The van der Waals surface area contributed by atoms with Crippen LogP contribution in [-0.2, 0) is 11.8 Å². The highest BCUT2D eigenvalue weighted by Gasteiger charge is 2.18. The maximum atomic E-state index is 11.9. The van der Waals surface area contributed by atoms with Gasteiger partial charge < -0.3 is 15.2 Å². The molecule has 0 fully saturated rings. The zero-order valence-corrected chi connectivity index (χ0v) is 10.9. The number of aromatic nitrogens is 3. The van der Waals surface area contributed by atoms with Crippen LogP contribution < -0.4 is 10.6 Å². The predicted octanol–water partition coefficient (Wildman–Crippen LogP) is 0.238. The van der Waals surface area contributed by atoms with Crippen molar-refractivity contribution in [1.82, 2.24) is 25.4 Å². The molecule has 0 saturated carbocycles. The van der Waals surface area contributed by atoms with Crippen LogP contribution in [0.4, 0.5) is 0 Å². The number of aryl methyl sites for hydroxylation is 1. The highest BCUT2D eigenvalue weighted by atomic mass is 16.1. The molecule has 0 aliphatic heterocycles. The zero-order valence-electron chi connectivity index (χ0n) is 10.9. The number of nitrogens with one attached hydrogen (secondary N) is 2. The topological polar surface area (TPSA) is 71.8 Å². The van der Waals surface area contributed by atoms with Crippen molar-refractivity contribution >= 4 is 5.91 Å². The van der Waals surface area contributed by atoms with Gasteiger partial charge in [-0.05, 0) is 13.5 Å². The summed E-state index contributed by atoms with van der Waals surface area (Å²) in [6, 6.07) is -0.126. The maximum Gasteiger partial charge on any atom is 0.224 e. The molecule has 0 spiro atoms. The van der Waals surface area contributed by atoms with Gasteiger partial charge in [-0.3, -0.25) is 4.79 Å². The summed E-state index contributed by atoms with van der Waals surface area (Å²) in [6.07, 6.45) is 1.63. The number of amides is 1. The molecule has 2 unspecified atom stereocenters. The van der Waals surface area contributed by atoms with Crippen LogP contribution in [0.15, 0.2) is 6.33 Å². The standard InChI is InChI=1S/C11H21N5O/c1-5-12-6-8(2)11(17)14-9(3)10-15-13-7-16(10)4/h7-9,12H,5-6H2,1-4H3,(H,14,17). The van der Waals surface area contributed by atoms with Crippen LogP contribution in [0.1, 0.15) is 32.6 Å². The molecule has 1 rings (SSSR count). The Hall–Kier alpha value is -1.43. The summed E-state index contributed by atoms with van der Waals surface area (Å²) in [5, 5.41) is 13.9. The molecule has 17 heavy (non-hydrogen) atoms. The Morgan fingerprint density at radius 1 is 1.53 bits per heavy atom. The summed E-state index contributed by atoms with van der Waals surface area (Å²) < 4.78 is 1.81. The van der Waals surface area contributed by atoms with E-state index in [1.54, 1.807) is 10.9 Å². The van der Waals surface area contributed by atoms with Crippen molar-refractivity contribution in [3.05, 3.63) is 12.2 Å². The number of carbonyl (C=O) groups is 1. The molecular weight excluding hydrogens is 218 g/mol. The highest BCUT2D eigenvalue weighted by molar-refractivity contribution is 5.78. The molecular formula is C11H21N5O. The van der Waals surface area contributed by atoms with E-state index in [1.165, 1.54) is 0 Å². The Bertz CT molecular complexity index is 362. The smallest absolute Gasteiger partial charge is 0.224 e. The van der Waals surface area contributed by atoms with E-state index in [2.05, 4.69) is 20.8 Å². The molecule has 0 bridgehead atoms. The van der Waals surface area contributed by atoms with Crippen LogP contribution in [0.5, 0.6) is 0 Å². The van der Waals surface area contributed by atoms with Crippen LogP contribution in [0, 0.1) is 5.92 Å². The Balaban J connectivity index is 2.48. The lowest BCUT2D eigenvalue weighted by Crippen LogP contribution is -2.37. The van der Waals surface area contributed by atoms with Gasteiger partial charge in [-0.2, -0.15) is 0 Å². The summed E-state index contributed by atoms with van der Waals surface area (Å²) in [4.78, 5) is 11.9. The van der Waals surface area contributed by atoms with Crippen molar-refractivity contribution < 1.29 is 4.79 Å². The summed E-state index contributed by atoms with van der Waals surface area (Å²) in [5.41, 5.74) is 0. The molecule has 1 aromatic rings. The molecule has 6 nitrogen and oxygen atoms in total. The van der Waals surface area contributed by atoms with Gasteiger partial charge in [0, 0.05) is 19.5 Å². The minimum Gasteiger partial charge on any atom is -0.346 e. The summed E-state index contributed by atoms with van der Waals surface area (Å²) in [5.74, 6) is 0.737.